The summed E-state index contributed by atoms with van der Waals surface area (Å²) in [4.78, 5) is 10.5. The van der Waals surface area contributed by atoms with Crippen LogP contribution >= 0.6 is 0 Å². The molecule has 3 aliphatic rings. The van der Waals surface area contributed by atoms with E-state index in [1.807, 2.05) is 0 Å². The number of fused-ring (bicyclic) bond motifs is 3. The molecule has 2 aliphatic carbocycles. The summed E-state index contributed by atoms with van der Waals surface area (Å²) in [5.74, 6) is 1.80. The second-order valence-corrected chi connectivity index (χ2v) is 5.17. The number of rotatable bonds is 2. The summed E-state index contributed by atoms with van der Waals surface area (Å²) in [6.45, 7) is 4.67. The van der Waals surface area contributed by atoms with E-state index >= 15 is 0 Å². The molecule has 74 valence electrons. The van der Waals surface area contributed by atoms with Crippen molar-refractivity contribution in [2.24, 2.45) is 17.3 Å². The van der Waals surface area contributed by atoms with Gasteiger partial charge in [0.1, 0.15) is 6.10 Å². The summed E-state index contributed by atoms with van der Waals surface area (Å²) < 4.78 is 0. The van der Waals surface area contributed by atoms with E-state index in [1.54, 1.807) is 0 Å². The highest BCUT2D eigenvalue weighted by Crippen LogP contribution is 2.68. The second kappa shape index (κ2) is 2.48. The highest BCUT2D eigenvalue weighted by Gasteiger charge is 2.68. The van der Waals surface area contributed by atoms with Gasteiger partial charge in [-0.1, -0.05) is 20.3 Å². The first-order valence-electron chi connectivity index (χ1n) is 5.58. The van der Waals surface area contributed by atoms with Crippen molar-refractivity contribution in [3.8, 4) is 0 Å². The van der Waals surface area contributed by atoms with Crippen LogP contribution in [0, 0.1) is 17.3 Å². The lowest BCUT2D eigenvalue weighted by Gasteiger charge is -2.23. The quantitative estimate of drug-likeness (QED) is 0.611. The maximum Gasteiger partial charge on any atom is 0.102 e. The molecule has 1 aliphatic heterocycles. The van der Waals surface area contributed by atoms with Gasteiger partial charge in [-0.25, -0.2) is 9.78 Å². The van der Waals surface area contributed by atoms with E-state index in [2.05, 4.69) is 13.8 Å². The zero-order chi connectivity index (χ0) is 9.05. The first kappa shape index (κ1) is 8.25. The standard InChI is InChI=1S/C11H18O2/c1-3-7(2)9-6-11(9)5-8-4-10(11)13-12-8/h7-10H,3-6H2,1-2H3/t7?,8-,9?,10+,11?/m0/s1. The van der Waals surface area contributed by atoms with Crippen LogP contribution in [0.4, 0.5) is 0 Å². The summed E-state index contributed by atoms with van der Waals surface area (Å²) in [5, 5.41) is 0. The molecule has 0 amide bonds. The van der Waals surface area contributed by atoms with Gasteiger partial charge >= 0.3 is 0 Å². The van der Waals surface area contributed by atoms with Crippen LogP contribution in [0.3, 0.4) is 0 Å². The molecule has 2 nitrogen and oxygen atoms in total. The monoisotopic (exact) mass is 182 g/mol. The molecule has 5 atom stereocenters. The van der Waals surface area contributed by atoms with E-state index < -0.39 is 0 Å². The van der Waals surface area contributed by atoms with Crippen LogP contribution in [0.25, 0.3) is 0 Å². The van der Waals surface area contributed by atoms with E-state index in [-0.39, 0.29) is 0 Å². The van der Waals surface area contributed by atoms with Gasteiger partial charge in [0.25, 0.3) is 0 Å². The fourth-order valence-electron chi connectivity index (χ4n) is 3.47. The summed E-state index contributed by atoms with van der Waals surface area (Å²) >= 11 is 0. The smallest absolute Gasteiger partial charge is 0.102 e. The fourth-order valence-corrected chi connectivity index (χ4v) is 3.47. The first-order chi connectivity index (χ1) is 6.26. The van der Waals surface area contributed by atoms with Gasteiger partial charge in [0.2, 0.25) is 0 Å². The van der Waals surface area contributed by atoms with Gasteiger partial charge in [0, 0.05) is 11.8 Å². The predicted octanol–water partition coefficient (Wildman–Crippen LogP) is 2.53. The Morgan fingerprint density at radius 1 is 1.38 bits per heavy atom. The van der Waals surface area contributed by atoms with E-state index in [9.17, 15) is 0 Å². The van der Waals surface area contributed by atoms with Crippen molar-refractivity contribution in [2.75, 3.05) is 0 Å². The van der Waals surface area contributed by atoms with Crippen LogP contribution < -0.4 is 0 Å². The summed E-state index contributed by atoms with van der Waals surface area (Å²) in [6.07, 6.45) is 6.01. The minimum absolute atomic E-state index is 0.430. The maximum atomic E-state index is 5.35. The average molecular weight is 182 g/mol. The summed E-state index contributed by atoms with van der Waals surface area (Å²) in [5.41, 5.74) is 0.554. The Labute approximate surface area is 79.5 Å². The predicted molar refractivity (Wildman–Crippen MR) is 49.0 cm³/mol. The van der Waals surface area contributed by atoms with Gasteiger partial charge in [-0.2, -0.15) is 0 Å². The molecule has 3 fully saturated rings. The minimum Gasteiger partial charge on any atom is -0.233 e. The molecule has 1 saturated heterocycles. The Balaban J connectivity index is 1.74. The van der Waals surface area contributed by atoms with E-state index in [1.165, 1.54) is 19.3 Å². The third-order valence-electron chi connectivity index (χ3n) is 4.54. The maximum absolute atomic E-state index is 5.35. The van der Waals surface area contributed by atoms with E-state index in [0.717, 1.165) is 18.3 Å². The molecule has 0 aromatic rings. The highest BCUT2D eigenvalue weighted by atomic mass is 17.2. The topological polar surface area (TPSA) is 18.5 Å². The van der Waals surface area contributed by atoms with Crippen LogP contribution in [-0.2, 0) is 9.78 Å². The Morgan fingerprint density at radius 3 is 2.77 bits per heavy atom. The van der Waals surface area contributed by atoms with E-state index in [0.29, 0.717) is 17.6 Å². The second-order valence-electron chi connectivity index (χ2n) is 5.17. The SMILES string of the molecule is CCC(C)C1CC12C[C@@H]1C[C@H]2OO1. The average Bonchev–Trinajstić information content (AvgIpc) is 2.56. The molecule has 3 unspecified atom stereocenters. The lowest BCUT2D eigenvalue weighted by molar-refractivity contribution is -0.333. The molecule has 13 heavy (non-hydrogen) atoms. The molecule has 2 saturated carbocycles. The van der Waals surface area contributed by atoms with Gasteiger partial charge in [-0.15, -0.1) is 0 Å². The molecular formula is C11H18O2. The van der Waals surface area contributed by atoms with Crippen LogP contribution in [0.2, 0.25) is 0 Å². The Kier molecular flexibility index (Phi) is 1.58. The van der Waals surface area contributed by atoms with Gasteiger partial charge in [-0.3, -0.25) is 0 Å². The molecule has 2 heteroatoms. The molecule has 3 rings (SSSR count). The summed E-state index contributed by atoms with van der Waals surface area (Å²) in [6, 6.07) is 0. The molecule has 0 aromatic heterocycles. The van der Waals surface area contributed by atoms with Crippen LogP contribution in [-0.4, -0.2) is 12.2 Å². The third kappa shape index (κ3) is 0.962. The molecular weight excluding hydrogens is 164 g/mol. The van der Waals surface area contributed by atoms with Crippen LogP contribution in [0.5, 0.6) is 0 Å². The van der Waals surface area contributed by atoms with Crippen molar-refractivity contribution in [2.45, 2.75) is 51.7 Å². The zero-order valence-corrected chi connectivity index (χ0v) is 8.45. The van der Waals surface area contributed by atoms with Gasteiger partial charge in [0.15, 0.2) is 0 Å². The molecule has 0 aromatic carbocycles. The van der Waals surface area contributed by atoms with Crippen molar-refractivity contribution in [3.63, 3.8) is 0 Å². The molecule has 2 bridgehead atoms. The van der Waals surface area contributed by atoms with Gasteiger partial charge in [0.05, 0.1) is 6.10 Å². The van der Waals surface area contributed by atoms with Crippen molar-refractivity contribution < 1.29 is 9.78 Å². The Hall–Kier alpha value is -0.0800. The fraction of sp³-hybridized carbons (Fsp3) is 1.00. The largest absolute Gasteiger partial charge is 0.233 e. The molecule has 1 heterocycles. The Bertz CT molecular complexity index is 228. The van der Waals surface area contributed by atoms with Crippen molar-refractivity contribution in [1.29, 1.82) is 0 Å². The number of hydrogen-bond acceptors (Lipinski definition) is 2. The first-order valence-corrected chi connectivity index (χ1v) is 5.58. The van der Waals surface area contributed by atoms with Gasteiger partial charge in [-0.05, 0) is 24.7 Å². The minimum atomic E-state index is 0.430. The third-order valence-corrected chi connectivity index (χ3v) is 4.54. The van der Waals surface area contributed by atoms with Crippen LogP contribution in [0.1, 0.15) is 39.5 Å². The van der Waals surface area contributed by atoms with Crippen LogP contribution in [0.15, 0.2) is 0 Å². The lowest BCUT2D eigenvalue weighted by atomic mass is 9.91. The molecule has 1 spiro atoms. The van der Waals surface area contributed by atoms with Gasteiger partial charge < -0.3 is 0 Å². The van der Waals surface area contributed by atoms with Crippen molar-refractivity contribution >= 4 is 0 Å². The molecule has 0 N–H and O–H groups in total. The summed E-state index contributed by atoms with van der Waals surface area (Å²) in [7, 11) is 0. The Morgan fingerprint density at radius 2 is 2.23 bits per heavy atom. The van der Waals surface area contributed by atoms with Crippen molar-refractivity contribution in [3.05, 3.63) is 0 Å². The highest BCUT2D eigenvalue weighted by molar-refractivity contribution is 5.14. The van der Waals surface area contributed by atoms with Crippen molar-refractivity contribution in [1.82, 2.24) is 0 Å². The zero-order valence-electron chi connectivity index (χ0n) is 8.45. The molecule has 0 radical (unpaired) electrons. The lowest BCUT2D eigenvalue weighted by Crippen LogP contribution is -2.24. The van der Waals surface area contributed by atoms with E-state index in [4.69, 9.17) is 9.78 Å². The number of hydrogen-bond donors (Lipinski definition) is 0. The normalized spacial score (nSPS) is 54.5.